The van der Waals surface area contributed by atoms with E-state index in [1.54, 1.807) is 47.9 Å². The van der Waals surface area contributed by atoms with E-state index in [-0.39, 0.29) is 29.1 Å². The van der Waals surface area contributed by atoms with E-state index in [0.29, 0.717) is 47.4 Å². The van der Waals surface area contributed by atoms with Crippen LogP contribution in [0.25, 0.3) is 33.4 Å². The van der Waals surface area contributed by atoms with Crippen molar-refractivity contribution in [3.8, 4) is 22.5 Å². The van der Waals surface area contributed by atoms with Crippen LogP contribution < -0.4 is 5.32 Å². The summed E-state index contributed by atoms with van der Waals surface area (Å²) >= 11 is 0. The fraction of sp³-hybridized carbons (Fsp3) is 0.370. The molecular weight excluding hydrogens is 506 g/mol. The number of halogens is 2. The second-order valence-corrected chi connectivity index (χ2v) is 10.2. The molecule has 5 heterocycles. The molecule has 1 N–H and O–H groups in total. The van der Waals surface area contributed by atoms with E-state index in [9.17, 15) is 18.4 Å². The normalized spacial score (nSPS) is 17.6. The van der Waals surface area contributed by atoms with Crippen molar-refractivity contribution in [3.63, 3.8) is 0 Å². The third kappa shape index (κ3) is 3.93. The number of aryl methyl sites for hydroxylation is 1. The molecule has 202 valence electrons. The molecule has 2 aliphatic heterocycles. The molecule has 1 saturated heterocycles. The number of nitrogens with one attached hydrogen (secondary N) is 1. The van der Waals surface area contributed by atoms with Crippen LogP contribution in [0.1, 0.15) is 42.4 Å². The third-order valence-corrected chi connectivity index (χ3v) is 7.65. The van der Waals surface area contributed by atoms with Gasteiger partial charge in [-0.25, -0.2) is 23.5 Å². The van der Waals surface area contributed by atoms with Crippen LogP contribution in [0.15, 0.2) is 36.7 Å². The maximum absolute atomic E-state index is 14.3. The lowest BCUT2D eigenvalue weighted by atomic mass is 9.99. The number of carbonyl (C=O) groups is 2. The van der Waals surface area contributed by atoms with Crippen LogP contribution in [0.2, 0.25) is 0 Å². The Morgan fingerprint density at radius 3 is 2.59 bits per heavy atom. The van der Waals surface area contributed by atoms with E-state index in [2.05, 4.69) is 15.4 Å². The van der Waals surface area contributed by atoms with E-state index >= 15 is 0 Å². The number of hydrogen-bond acceptors (Lipinski definition) is 5. The number of likely N-dealkylation sites (tertiary alicyclic amines) is 1. The molecule has 12 heteroatoms. The molecule has 2 aliphatic rings. The highest BCUT2D eigenvalue weighted by molar-refractivity contribution is 5.96. The average Bonchev–Trinajstić information content (AvgIpc) is 3.48. The molecule has 0 saturated carbocycles. The van der Waals surface area contributed by atoms with Crippen molar-refractivity contribution in [1.82, 2.24) is 39.4 Å². The fourth-order valence-corrected chi connectivity index (χ4v) is 5.63. The van der Waals surface area contributed by atoms with Gasteiger partial charge in [-0.05, 0) is 19.1 Å². The highest BCUT2D eigenvalue weighted by Gasteiger charge is 2.40. The zero-order chi connectivity index (χ0) is 27.6. The van der Waals surface area contributed by atoms with E-state index in [4.69, 9.17) is 4.98 Å². The van der Waals surface area contributed by atoms with Gasteiger partial charge in [-0.1, -0.05) is 12.1 Å². The van der Waals surface area contributed by atoms with Crippen molar-refractivity contribution in [1.29, 1.82) is 0 Å². The first kappa shape index (κ1) is 25.0. The van der Waals surface area contributed by atoms with Crippen LogP contribution in [-0.4, -0.2) is 73.2 Å². The number of aromatic nitrogens is 5. The SMILES string of the molecule is CNC(=O)N1CC(c2nc(-c3cccc4nc(-c5cnn(C)c5)c(C(F)F)cc34)c3n2[C@@H](C)C(=O)N(C)C3)C1. The summed E-state index contributed by atoms with van der Waals surface area (Å²) in [5, 5.41) is 7.31. The Morgan fingerprint density at radius 2 is 1.92 bits per heavy atom. The van der Waals surface area contributed by atoms with E-state index in [0.717, 1.165) is 11.5 Å². The second-order valence-electron chi connectivity index (χ2n) is 10.2. The summed E-state index contributed by atoms with van der Waals surface area (Å²) in [7, 11) is 5.06. The molecule has 0 unspecified atom stereocenters. The summed E-state index contributed by atoms with van der Waals surface area (Å²) in [6.45, 7) is 3.13. The average molecular weight is 535 g/mol. The van der Waals surface area contributed by atoms with Crippen LogP contribution in [0, 0.1) is 0 Å². The molecule has 4 aromatic rings. The lowest BCUT2D eigenvalue weighted by Crippen LogP contribution is -2.53. The maximum Gasteiger partial charge on any atom is 0.317 e. The standard InChI is InChI=1S/C27H28F2N8O2/c1-14-26(38)34(3)13-21-23(33-25(37(14)21)16-11-36(12-16)27(39)30-2)17-6-5-7-20-18(17)8-19(24(28)29)22(32-20)15-9-31-35(4)10-15/h5-10,14,16,24H,11-13H2,1-4H3,(H,30,39)/t14-/m0/s1. The third-order valence-electron chi connectivity index (χ3n) is 7.65. The first-order valence-electron chi connectivity index (χ1n) is 12.7. The Balaban J connectivity index is 1.53. The number of fused-ring (bicyclic) bond motifs is 2. The second kappa shape index (κ2) is 9.14. The number of alkyl halides is 2. The van der Waals surface area contributed by atoms with E-state index in [1.165, 1.54) is 12.3 Å². The number of rotatable bonds is 4. The molecule has 0 radical (unpaired) electrons. The predicted molar refractivity (Wildman–Crippen MR) is 140 cm³/mol. The minimum atomic E-state index is -2.74. The van der Waals surface area contributed by atoms with Crippen LogP contribution >= 0.6 is 0 Å². The summed E-state index contributed by atoms with van der Waals surface area (Å²) in [4.78, 5) is 38.0. The number of likely N-dealkylation sites (N-methyl/N-ethyl adjacent to an activating group) is 1. The lowest BCUT2D eigenvalue weighted by molar-refractivity contribution is -0.135. The molecule has 10 nitrogen and oxygen atoms in total. The van der Waals surface area contributed by atoms with Gasteiger partial charge in [0.25, 0.3) is 6.43 Å². The highest BCUT2D eigenvalue weighted by atomic mass is 19.3. The molecule has 1 fully saturated rings. The Kier molecular flexibility index (Phi) is 5.85. The molecule has 6 rings (SSSR count). The number of urea groups is 1. The topological polar surface area (TPSA) is 101 Å². The molecule has 0 aliphatic carbocycles. The molecular formula is C27H28F2N8O2. The summed E-state index contributed by atoms with van der Waals surface area (Å²) in [6, 6.07) is 6.34. The van der Waals surface area contributed by atoms with Gasteiger partial charge in [0, 0.05) is 62.5 Å². The fourth-order valence-electron chi connectivity index (χ4n) is 5.63. The Hall–Kier alpha value is -4.35. The molecule has 3 aromatic heterocycles. The Morgan fingerprint density at radius 1 is 1.15 bits per heavy atom. The number of amides is 3. The van der Waals surface area contributed by atoms with Crippen molar-refractivity contribution in [2.75, 3.05) is 27.2 Å². The van der Waals surface area contributed by atoms with Crippen LogP contribution in [0.5, 0.6) is 0 Å². The quantitative estimate of drug-likeness (QED) is 0.430. The predicted octanol–water partition coefficient (Wildman–Crippen LogP) is 3.71. The molecule has 0 spiro atoms. The number of hydrogen-bond donors (Lipinski definition) is 1. The minimum absolute atomic E-state index is 0.0316. The smallest absolute Gasteiger partial charge is 0.317 e. The van der Waals surface area contributed by atoms with Crippen LogP contribution in [-0.2, 0) is 18.4 Å². The van der Waals surface area contributed by atoms with Gasteiger partial charge in [0.1, 0.15) is 11.9 Å². The first-order chi connectivity index (χ1) is 18.7. The van der Waals surface area contributed by atoms with Gasteiger partial charge in [-0.15, -0.1) is 0 Å². The molecule has 3 amide bonds. The van der Waals surface area contributed by atoms with Gasteiger partial charge >= 0.3 is 6.03 Å². The first-order valence-corrected chi connectivity index (χ1v) is 12.7. The van der Waals surface area contributed by atoms with Crippen molar-refractivity contribution in [2.45, 2.75) is 31.9 Å². The van der Waals surface area contributed by atoms with Gasteiger partial charge in [-0.3, -0.25) is 9.48 Å². The summed E-state index contributed by atoms with van der Waals surface area (Å²) in [5.41, 5.74) is 3.22. The van der Waals surface area contributed by atoms with E-state index < -0.39 is 12.5 Å². The number of pyridine rings is 1. The Labute approximate surface area is 223 Å². The summed E-state index contributed by atoms with van der Waals surface area (Å²) < 4.78 is 32.2. The van der Waals surface area contributed by atoms with Gasteiger partial charge in [-0.2, -0.15) is 5.10 Å². The minimum Gasteiger partial charge on any atom is -0.341 e. The van der Waals surface area contributed by atoms with Crippen molar-refractivity contribution >= 4 is 22.8 Å². The summed E-state index contributed by atoms with van der Waals surface area (Å²) in [5.74, 6) is 0.645. The van der Waals surface area contributed by atoms with Crippen molar-refractivity contribution in [2.24, 2.45) is 7.05 Å². The van der Waals surface area contributed by atoms with Crippen molar-refractivity contribution in [3.05, 3.63) is 53.7 Å². The van der Waals surface area contributed by atoms with E-state index in [1.807, 2.05) is 23.6 Å². The summed E-state index contributed by atoms with van der Waals surface area (Å²) in [6.07, 6.45) is 0.444. The number of nitrogens with zero attached hydrogens (tertiary/aromatic N) is 7. The zero-order valence-electron chi connectivity index (χ0n) is 22.0. The number of benzene rings is 1. The molecule has 0 bridgehead atoms. The van der Waals surface area contributed by atoms with Crippen LogP contribution in [0.4, 0.5) is 13.6 Å². The highest BCUT2D eigenvalue weighted by Crippen LogP contribution is 2.41. The largest absolute Gasteiger partial charge is 0.341 e. The monoisotopic (exact) mass is 534 g/mol. The van der Waals surface area contributed by atoms with Gasteiger partial charge in [0.2, 0.25) is 5.91 Å². The van der Waals surface area contributed by atoms with Gasteiger partial charge in [0.15, 0.2) is 0 Å². The molecule has 1 atom stereocenters. The molecule has 1 aromatic carbocycles. The molecule has 39 heavy (non-hydrogen) atoms. The van der Waals surface area contributed by atoms with Gasteiger partial charge in [0.05, 0.1) is 41.3 Å². The number of imidazole rings is 1. The van der Waals surface area contributed by atoms with Gasteiger partial charge < -0.3 is 19.7 Å². The van der Waals surface area contributed by atoms with Crippen molar-refractivity contribution < 1.29 is 18.4 Å². The number of carbonyl (C=O) groups excluding carboxylic acids is 2. The zero-order valence-corrected chi connectivity index (χ0v) is 22.0. The Bertz CT molecular complexity index is 1620. The maximum atomic E-state index is 14.3. The lowest BCUT2D eigenvalue weighted by Gasteiger charge is -2.40. The van der Waals surface area contributed by atoms with Crippen LogP contribution in [0.3, 0.4) is 0 Å².